The molecule has 3 fully saturated rings. The summed E-state index contributed by atoms with van der Waals surface area (Å²) in [5.74, 6) is -0.981. The molecule has 1 aliphatic heterocycles. The smallest absolute Gasteiger partial charge is 0.237 e. The zero-order valence-corrected chi connectivity index (χ0v) is 16.8. The molecule has 3 aliphatic rings. The van der Waals surface area contributed by atoms with Gasteiger partial charge in [0.2, 0.25) is 17.5 Å². The summed E-state index contributed by atoms with van der Waals surface area (Å²) in [4.78, 5) is 43.0. The van der Waals surface area contributed by atoms with Gasteiger partial charge in [-0.1, -0.05) is 38.4 Å². The van der Waals surface area contributed by atoms with Gasteiger partial charge in [-0.05, 0) is 36.5 Å². The zero-order chi connectivity index (χ0) is 19.6. The molecule has 1 aromatic carbocycles. The largest absolute Gasteiger partial charge is 0.368 e. The number of ketones is 2. The van der Waals surface area contributed by atoms with Crippen molar-refractivity contribution in [3.63, 3.8) is 0 Å². The van der Waals surface area contributed by atoms with E-state index < -0.39 is 22.0 Å². The third-order valence-corrected chi connectivity index (χ3v) is 7.88. The van der Waals surface area contributed by atoms with Crippen molar-refractivity contribution in [1.29, 1.82) is 0 Å². The van der Waals surface area contributed by atoms with Crippen LogP contribution < -0.4 is 4.90 Å². The summed E-state index contributed by atoms with van der Waals surface area (Å²) >= 11 is 6.08. The van der Waals surface area contributed by atoms with E-state index in [0.29, 0.717) is 44.0 Å². The number of anilines is 1. The number of benzene rings is 1. The van der Waals surface area contributed by atoms with Crippen molar-refractivity contribution in [2.24, 2.45) is 16.2 Å². The van der Waals surface area contributed by atoms with Crippen LogP contribution in [0, 0.1) is 16.2 Å². The van der Waals surface area contributed by atoms with Gasteiger partial charge >= 0.3 is 0 Å². The van der Waals surface area contributed by atoms with E-state index in [-0.39, 0.29) is 11.7 Å². The molecule has 0 N–H and O–H groups in total. The molecular weight excluding hydrogens is 364 g/mol. The van der Waals surface area contributed by atoms with Gasteiger partial charge in [0.25, 0.3) is 0 Å². The molecule has 0 radical (unpaired) electrons. The maximum Gasteiger partial charge on any atom is 0.237 e. The number of carbonyl (C=O) groups is 3. The maximum absolute atomic E-state index is 13.5. The van der Waals surface area contributed by atoms with Crippen LogP contribution in [0.2, 0.25) is 5.02 Å². The molecule has 2 saturated carbocycles. The minimum atomic E-state index is -1.18. The molecule has 1 aromatic rings. The van der Waals surface area contributed by atoms with Gasteiger partial charge in [-0.2, -0.15) is 0 Å². The Balaban J connectivity index is 1.55. The second-order valence-corrected chi connectivity index (χ2v) is 9.22. The highest BCUT2D eigenvalue weighted by molar-refractivity contribution is 6.48. The van der Waals surface area contributed by atoms with Crippen LogP contribution in [0.4, 0.5) is 5.69 Å². The predicted octanol–water partition coefficient (Wildman–Crippen LogP) is 2.95. The normalized spacial score (nSPS) is 32.3. The first kappa shape index (κ1) is 18.5. The number of halogens is 1. The van der Waals surface area contributed by atoms with Gasteiger partial charge in [0.1, 0.15) is 5.41 Å². The summed E-state index contributed by atoms with van der Waals surface area (Å²) in [7, 11) is 0. The fraction of sp³-hybridized carbons (Fsp3) is 0.571. The van der Waals surface area contributed by atoms with Crippen molar-refractivity contribution in [2.45, 2.75) is 33.6 Å². The monoisotopic (exact) mass is 388 g/mol. The van der Waals surface area contributed by atoms with Crippen molar-refractivity contribution in [1.82, 2.24) is 4.90 Å². The molecule has 0 unspecified atom stereocenters. The van der Waals surface area contributed by atoms with Crippen LogP contribution in [0.15, 0.2) is 24.3 Å². The number of fused-ring (bicyclic) bond motifs is 2. The van der Waals surface area contributed by atoms with E-state index in [1.807, 2.05) is 45.0 Å². The highest BCUT2D eigenvalue weighted by Gasteiger charge is 2.78. The van der Waals surface area contributed by atoms with Gasteiger partial charge in [-0.25, -0.2) is 0 Å². The van der Waals surface area contributed by atoms with Gasteiger partial charge in [0.05, 0.1) is 0 Å². The van der Waals surface area contributed by atoms with Gasteiger partial charge in [0.15, 0.2) is 0 Å². The van der Waals surface area contributed by atoms with Crippen LogP contribution >= 0.6 is 11.6 Å². The summed E-state index contributed by atoms with van der Waals surface area (Å²) < 4.78 is 0. The number of carbonyl (C=O) groups excluding carboxylic acids is 3. The van der Waals surface area contributed by atoms with Crippen LogP contribution in [0.25, 0.3) is 0 Å². The Labute approximate surface area is 164 Å². The van der Waals surface area contributed by atoms with Gasteiger partial charge < -0.3 is 9.80 Å². The Morgan fingerprint density at radius 3 is 2.22 bits per heavy atom. The quantitative estimate of drug-likeness (QED) is 0.577. The van der Waals surface area contributed by atoms with Gasteiger partial charge in [-0.15, -0.1) is 0 Å². The van der Waals surface area contributed by atoms with Crippen LogP contribution in [0.1, 0.15) is 33.6 Å². The molecule has 2 aliphatic carbocycles. The predicted molar refractivity (Wildman–Crippen MR) is 104 cm³/mol. The topological polar surface area (TPSA) is 57.7 Å². The summed E-state index contributed by atoms with van der Waals surface area (Å²) in [6, 6.07) is 7.68. The van der Waals surface area contributed by atoms with Crippen LogP contribution in [-0.4, -0.2) is 48.6 Å². The highest BCUT2D eigenvalue weighted by Crippen LogP contribution is 2.69. The number of Topliss-reactive ketones (excluding diaryl/α,β-unsaturated/α-hetero) is 2. The number of nitrogens with zero attached hydrogens (tertiary/aromatic N) is 2. The van der Waals surface area contributed by atoms with E-state index in [0.717, 1.165) is 5.69 Å². The molecule has 0 spiro atoms. The van der Waals surface area contributed by atoms with Gasteiger partial charge in [-0.3, -0.25) is 14.4 Å². The number of piperazine rings is 1. The lowest BCUT2D eigenvalue weighted by atomic mass is 9.64. The first-order chi connectivity index (χ1) is 12.6. The Morgan fingerprint density at radius 1 is 1.00 bits per heavy atom. The van der Waals surface area contributed by atoms with E-state index in [2.05, 4.69) is 4.90 Å². The van der Waals surface area contributed by atoms with E-state index in [9.17, 15) is 14.4 Å². The standard InChI is InChI=1S/C21H25ClN2O3/c1-19(2)20(3)7-8-21(19,17(26)16(20)25)18(27)24-11-9-23(10-12-24)15-6-4-5-14(22)13-15/h4-6,13H,7-12H2,1-3H3/t20-,21-/m1/s1. The molecule has 5 nitrogen and oxygen atoms in total. The van der Waals surface area contributed by atoms with E-state index in [1.54, 1.807) is 4.90 Å². The van der Waals surface area contributed by atoms with E-state index in [4.69, 9.17) is 11.6 Å². The van der Waals surface area contributed by atoms with Crippen molar-refractivity contribution >= 4 is 34.8 Å². The Morgan fingerprint density at radius 2 is 1.67 bits per heavy atom. The Bertz CT molecular complexity index is 844. The second kappa shape index (κ2) is 5.81. The lowest BCUT2D eigenvalue weighted by molar-refractivity contribution is -0.155. The maximum atomic E-state index is 13.5. The molecular formula is C21H25ClN2O3. The lowest BCUT2D eigenvalue weighted by Crippen LogP contribution is -2.57. The number of hydrogen-bond donors (Lipinski definition) is 0. The number of amides is 1. The first-order valence-electron chi connectivity index (χ1n) is 9.54. The highest BCUT2D eigenvalue weighted by atomic mass is 35.5. The summed E-state index contributed by atoms with van der Waals surface area (Å²) in [5.41, 5.74) is -1.51. The van der Waals surface area contributed by atoms with Crippen molar-refractivity contribution in [3.8, 4) is 0 Å². The number of hydrogen-bond acceptors (Lipinski definition) is 4. The van der Waals surface area contributed by atoms with Crippen LogP contribution in [0.5, 0.6) is 0 Å². The molecule has 2 atom stereocenters. The van der Waals surface area contributed by atoms with Crippen molar-refractivity contribution in [2.75, 3.05) is 31.1 Å². The lowest BCUT2D eigenvalue weighted by Gasteiger charge is -2.43. The average Bonchev–Trinajstić information content (AvgIpc) is 2.93. The van der Waals surface area contributed by atoms with E-state index in [1.165, 1.54) is 0 Å². The molecule has 4 rings (SSSR count). The molecule has 1 heterocycles. The zero-order valence-electron chi connectivity index (χ0n) is 16.0. The van der Waals surface area contributed by atoms with Crippen molar-refractivity contribution < 1.29 is 14.4 Å². The molecule has 1 saturated heterocycles. The molecule has 2 bridgehead atoms. The third kappa shape index (κ3) is 2.21. The minimum Gasteiger partial charge on any atom is -0.368 e. The van der Waals surface area contributed by atoms with Crippen molar-refractivity contribution in [3.05, 3.63) is 29.3 Å². The minimum absolute atomic E-state index is 0.155. The molecule has 144 valence electrons. The Hall–Kier alpha value is -1.88. The first-order valence-corrected chi connectivity index (χ1v) is 9.92. The SMILES string of the molecule is CC1(C)[C@]2(C(=O)N3CCN(c4cccc(Cl)c4)CC3)CC[C@]1(C)C(=O)C2=O. The average molecular weight is 389 g/mol. The summed E-state index contributed by atoms with van der Waals surface area (Å²) in [6.45, 7) is 8.14. The van der Waals surface area contributed by atoms with Crippen LogP contribution in [0.3, 0.4) is 0 Å². The van der Waals surface area contributed by atoms with E-state index >= 15 is 0 Å². The number of rotatable bonds is 2. The molecule has 1 amide bonds. The Kier molecular flexibility index (Phi) is 3.97. The molecule has 27 heavy (non-hydrogen) atoms. The second-order valence-electron chi connectivity index (χ2n) is 8.78. The van der Waals surface area contributed by atoms with Crippen LogP contribution in [-0.2, 0) is 14.4 Å². The summed E-state index contributed by atoms with van der Waals surface area (Å²) in [5, 5.41) is 0.687. The molecule has 0 aromatic heterocycles. The fourth-order valence-corrected chi connectivity index (χ4v) is 5.54. The third-order valence-electron chi connectivity index (χ3n) is 7.65. The summed E-state index contributed by atoms with van der Waals surface area (Å²) in [6.07, 6.45) is 1.09. The molecule has 6 heteroatoms. The van der Waals surface area contributed by atoms with Gasteiger partial charge in [0, 0.05) is 42.3 Å². The fourth-order valence-electron chi connectivity index (χ4n) is 5.35.